The number of benzene rings is 3. The van der Waals surface area contributed by atoms with E-state index in [0.29, 0.717) is 23.1 Å². The second-order valence-electron chi connectivity index (χ2n) is 7.61. The van der Waals surface area contributed by atoms with Gasteiger partial charge in [-0.25, -0.2) is 4.98 Å². The van der Waals surface area contributed by atoms with Crippen LogP contribution in [0.1, 0.15) is 11.1 Å². The van der Waals surface area contributed by atoms with Crippen LogP contribution in [-0.4, -0.2) is 41.6 Å². The first kappa shape index (κ1) is 24.0. The molecule has 0 unspecified atom stereocenters. The molecule has 0 aliphatic carbocycles. The predicted octanol–water partition coefficient (Wildman–Crippen LogP) is 5.77. The van der Waals surface area contributed by atoms with Crippen molar-refractivity contribution >= 4 is 40.4 Å². The lowest BCUT2D eigenvalue weighted by Crippen LogP contribution is -2.14. The molecule has 34 heavy (non-hydrogen) atoms. The van der Waals surface area contributed by atoms with Crippen molar-refractivity contribution in [3.63, 3.8) is 0 Å². The van der Waals surface area contributed by atoms with Gasteiger partial charge in [0.05, 0.1) is 30.4 Å². The zero-order chi connectivity index (χ0) is 23.9. The molecule has 0 aliphatic rings. The minimum atomic E-state index is -0.324. The van der Waals surface area contributed by atoms with Crippen LogP contribution in [0, 0.1) is 6.92 Å². The molecule has 0 saturated carbocycles. The molecule has 4 aromatic rings. The molecular weight excluding hydrogens is 472 g/mol. The number of para-hydroxylation sites is 2. The summed E-state index contributed by atoms with van der Waals surface area (Å²) < 4.78 is 18.5. The molecule has 0 fully saturated rings. The topological polar surface area (TPSA) is 62.6 Å². The summed E-state index contributed by atoms with van der Waals surface area (Å²) in [7, 11) is 1.60. The molecule has 3 aromatic carbocycles. The normalized spacial score (nSPS) is 10.9. The molecule has 0 saturated heterocycles. The van der Waals surface area contributed by atoms with Crippen LogP contribution in [0.3, 0.4) is 0 Å². The summed E-state index contributed by atoms with van der Waals surface area (Å²) in [6, 6.07) is 21.3. The zero-order valence-electron chi connectivity index (χ0n) is 19.0. The third-order valence-electron chi connectivity index (χ3n) is 5.12. The highest BCUT2D eigenvalue weighted by molar-refractivity contribution is 7.99. The van der Waals surface area contributed by atoms with Gasteiger partial charge in [-0.3, -0.25) is 4.79 Å². The van der Waals surface area contributed by atoms with Gasteiger partial charge in [0.25, 0.3) is 0 Å². The summed E-state index contributed by atoms with van der Waals surface area (Å²) in [6.07, 6.45) is 0. The van der Waals surface area contributed by atoms with Gasteiger partial charge in [0.1, 0.15) is 13.2 Å². The van der Waals surface area contributed by atoms with E-state index in [1.165, 1.54) is 11.8 Å². The van der Waals surface area contributed by atoms with Crippen LogP contribution >= 0.6 is 23.4 Å². The van der Waals surface area contributed by atoms with Crippen molar-refractivity contribution in [2.24, 2.45) is 0 Å². The Morgan fingerprint density at radius 3 is 2.62 bits per heavy atom. The van der Waals surface area contributed by atoms with Gasteiger partial charge in [-0.1, -0.05) is 53.7 Å². The van der Waals surface area contributed by atoms with E-state index in [1.54, 1.807) is 7.11 Å². The minimum Gasteiger partial charge on any atom is -0.493 e. The molecule has 0 amide bonds. The molecule has 0 spiro atoms. The van der Waals surface area contributed by atoms with Crippen molar-refractivity contribution in [1.29, 1.82) is 0 Å². The van der Waals surface area contributed by atoms with Gasteiger partial charge in [-0.15, -0.1) is 0 Å². The summed E-state index contributed by atoms with van der Waals surface area (Å²) in [4.78, 5) is 17.1. The maximum absolute atomic E-state index is 12.3. The van der Waals surface area contributed by atoms with Crippen molar-refractivity contribution in [1.82, 2.24) is 9.55 Å². The summed E-state index contributed by atoms with van der Waals surface area (Å²) in [5.74, 6) is 1.10. The van der Waals surface area contributed by atoms with E-state index in [9.17, 15) is 4.79 Å². The average molecular weight is 497 g/mol. The monoisotopic (exact) mass is 496 g/mol. The van der Waals surface area contributed by atoms with Gasteiger partial charge < -0.3 is 18.8 Å². The summed E-state index contributed by atoms with van der Waals surface area (Å²) in [5.41, 5.74) is 4.07. The number of ether oxygens (including phenoxy) is 3. The van der Waals surface area contributed by atoms with Crippen LogP contribution in [0.25, 0.3) is 11.0 Å². The fourth-order valence-corrected chi connectivity index (χ4v) is 4.39. The van der Waals surface area contributed by atoms with Crippen molar-refractivity contribution in [3.05, 3.63) is 82.9 Å². The molecule has 0 aliphatic heterocycles. The fourth-order valence-electron chi connectivity index (χ4n) is 3.46. The SMILES string of the molecule is COc1cc(C)ccc1OCCOC(=O)CSc1nc2ccccc2n1Cc1ccc(Cl)cc1. The number of aryl methyl sites for hydroxylation is 1. The van der Waals surface area contributed by atoms with Crippen LogP contribution in [0.2, 0.25) is 5.02 Å². The number of nitrogens with zero attached hydrogens (tertiary/aromatic N) is 2. The quantitative estimate of drug-likeness (QED) is 0.158. The van der Waals surface area contributed by atoms with E-state index in [-0.39, 0.29) is 24.9 Å². The van der Waals surface area contributed by atoms with Crippen LogP contribution in [0.15, 0.2) is 71.9 Å². The third-order valence-corrected chi connectivity index (χ3v) is 6.32. The Morgan fingerprint density at radius 1 is 1.03 bits per heavy atom. The number of halogens is 1. The average Bonchev–Trinajstić information content (AvgIpc) is 3.19. The molecule has 0 bridgehead atoms. The number of carbonyl (C=O) groups is 1. The number of hydrogen-bond acceptors (Lipinski definition) is 6. The standard InChI is InChI=1S/C26H25ClN2O4S/c1-18-7-12-23(24(15-18)31-2)32-13-14-33-25(30)17-34-26-28-21-5-3-4-6-22(21)29(26)16-19-8-10-20(27)11-9-19/h3-12,15H,13-14,16-17H2,1-2H3. The van der Waals surface area contributed by atoms with Crippen LogP contribution < -0.4 is 9.47 Å². The van der Waals surface area contributed by atoms with Gasteiger partial charge in [0, 0.05) is 5.02 Å². The Kier molecular flexibility index (Phi) is 7.98. The first-order valence-corrected chi connectivity index (χ1v) is 12.2. The van der Waals surface area contributed by atoms with Gasteiger partial charge in [0.2, 0.25) is 0 Å². The Morgan fingerprint density at radius 2 is 1.82 bits per heavy atom. The van der Waals surface area contributed by atoms with Crippen LogP contribution in [0.5, 0.6) is 11.5 Å². The first-order valence-electron chi connectivity index (χ1n) is 10.8. The summed E-state index contributed by atoms with van der Waals surface area (Å²) >= 11 is 7.38. The summed E-state index contributed by atoms with van der Waals surface area (Å²) in [5, 5.41) is 1.45. The number of hydrogen-bond donors (Lipinski definition) is 0. The number of imidazole rings is 1. The largest absolute Gasteiger partial charge is 0.493 e. The van der Waals surface area contributed by atoms with Crippen molar-refractivity contribution < 1.29 is 19.0 Å². The van der Waals surface area contributed by atoms with E-state index >= 15 is 0 Å². The number of fused-ring (bicyclic) bond motifs is 1. The number of esters is 1. The van der Waals surface area contributed by atoms with E-state index in [0.717, 1.165) is 27.3 Å². The Hall–Kier alpha value is -3.16. The predicted molar refractivity (Wildman–Crippen MR) is 135 cm³/mol. The fraction of sp³-hybridized carbons (Fsp3) is 0.231. The van der Waals surface area contributed by atoms with E-state index < -0.39 is 0 Å². The van der Waals surface area contributed by atoms with E-state index in [1.807, 2.05) is 73.7 Å². The van der Waals surface area contributed by atoms with Crippen LogP contribution in [-0.2, 0) is 16.1 Å². The smallest absolute Gasteiger partial charge is 0.316 e. The minimum absolute atomic E-state index is 0.150. The number of rotatable bonds is 10. The van der Waals surface area contributed by atoms with Gasteiger partial charge in [0.15, 0.2) is 16.7 Å². The maximum atomic E-state index is 12.3. The highest BCUT2D eigenvalue weighted by Gasteiger charge is 2.14. The highest BCUT2D eigenvalue weighted by atomic mass is 35.5. The summed E-state index contributed by atoms with van der Waals surface area (Å²) in [6.45, 7) is 3.00. The Bertz CT molecular complexity index is 1270. The first-order chi connectivity index (χ1) is 16.5. The van der Waals surface area contributed by atoms with E-state index in [2.05, 4.69) is 4.57 Å². The lowest BCUT2D eigenvalue weighted by molar-refractivity contribution is -0.141. The van der Waals surface area contributed by atoms with Gasteiger partial charge in [-0.05, 0) is 54.4 Å². The van der Waals surface area contributed by atoms with Crippen LogP contribution in [0.4, 0.5) is 0 Å². The number of aromatic nitrogens is 2. The van der Waals surface area contributed by atoms with E-state index in [4.69, 9.17) is 30.8 Å². The van der Waals surface area contributed by atoms with Crippen molar-refractivity contribution in [2.45, 2.75) is 18.6 Å². The number of thioether (sulfide) groups is 1. The molecule has 1 heterocycles. The molecule has 6 nitrogen and oxygen atoms in total. The van der Waals surface area contributed by atoms with Crippen molar-refractivity contribution in [3.8, 4) is 11.5 Å². The van der Waals surface area contributed by atoms with Crippen molar-refractivity contribution in [2.75, 3.05) is 26.1 Å². The lowest BCUT2D eigenvalue weighted by Gasteiger charge is -2.12. The Balaban J connectivity index is 1.34. The third kappa shape index (κ3) is 6.04. The number of carbonyl (C=O) groups excluding carboxylic acids is 1. The molecule has 176 valence electrons. The zero-order valence-corrected chi connectivity index (χ0v) is 20.6. The second kappa shape index (κ2) is 11.3. The second-order valence-corrected chi connectivity index (χ2v) is 8.99. The van der Waals surface area contributed by atoms with Gasteiger partial charge in [-0.2, -0.15) is 0 Å². The molecule has 4 rings (SSSR count). The molecule has 8 heteroatoms. The molecule has 1 aromatic heterocycles. The molecule has 0 radical (unpaired) electrons. The lowest BCUT2D eigenvalue weighted by atomic mass is 10.2. The maximum Gasteiger partial charge on any atom is 0.316 e. The molecule has 0 atom stereocenters. The molecule has 0 N–H and O–H groups in total. The van der Waals surface area contributed by atoms with Gasteiger partial charge >= 0.3 is 5.97 Å². The highest BCUT2D eigenvalue weighted by Crippen LogP contribution is 2.28. The Labute approximate surface area is 207 Å². The number of methoxy groups -OCH3 is 1. The molecular formula is C26H25ClN2O4S.